The zero-order valence-corrected chi connectivity index (χ0v) is 16.7. The van der Waals surface area contributed by atoms with Crippen molar-refractivity contribution in [1.29, 1.82) is 0 Å². The van der Waals surface area contributed by atoms with Gasteiger partial charge in [-0.25, -0.2) is 4.79 Å². The maximum atomic E-state index is 11.2. The number of rotatable bonds is 6. The highest BCUT2D eigenvalue weighted by molar-refractivity contribution is 7.80. The fourth-order valence-electron chi connectivity index (χ4n) is 3.80. The number of thiocarbonyl (C=S) groups is 1. The molecule has 1 aliphatic rings. The van der Waals surface area contributed by atoms with E-state index in [-0.39, 0.29) is 11.5 Å². The Hall–Kier alpha value is -3.18. The van der Waals surface area contributed by atoms with Gasteiger partial charge in [-0.05, 0) is 47.5 Å². The van der Waals surface area contributed by atoms with Gasteiger partial charge < -0.3 is 15.3 Å². The summed E-state index contributed by atoms with van der Waals surface area (Å²) < 4.78 is 0. The molecule has 0 saturated heterocycles. The molecule has 4 nitrogen and oxygen atoms in total. The Morgan fingerprint density at radius 1 is 1.00 bits per heavy atom. The van der Waals surface area contributed by atoms with E-state index in [4.69, 9.17) is 12.2 Å². The van der Waals surface area contributed by atoms with Crippen molar-refractivity contribution in [3.05, 3.63) is 101 Å². The largest absolute Gasteiger partial charge is 0.478 e. The average molecular weight is 403 g/mol. The van der Waals surface area contributed by atoms with Crippen molar-refractivity contribution < 1.29 is 9.90 Å². The molecule has 0 unspecified atom stereocenters. The molecule has 1 aliphatic heterocycles. The summed E-state index contributed by atoms with van der Waals surface area (Å²) in [6, 6.07) is 26.2. The Bertz CT molecular complexity index is 982. The number of carbonyl (C=O) groups is 1. The molecule has 0 bridgehead atoms. The van der Waals surface area contributed by atoms with Gasteiger partial charge in [-0.3, -0.25) is 0 Å². The first-order valence-electron chi connectivity index (χ1n) is 9.64. The number of nitrogens with zero attached hydrogens (tertiary/aromatic N) is 1. The van der Waals surface area contributed by atoms with Gasteiger partial charge >= 0.3 is 5.97 Å². The first-order valence-corrected chi connectivity index (χ1v) is 10.0. The lowest BCUT2D eigenvalue weighted by Gasteiger charge is -2.33. The van der Waals surface area contributed by atoms with E-state index in [1.807, 2.05) is 18.2 Å². The summed E-state index contributed by atoms with van der Waals surface area (Å²) in [7, 11) is 0. The van der Waals surface area contributed by atoms with Gasteiger partial charge in [0.2, 0.25) is 0 Å². The highest BCUT2D eigenvalue weighted by Gasteiger charge is 2.22. The monoisotopic (exact) mass is 402 g/mol. The number of aromatic carboxylic acids is 1. The average Bonchev–Trinajstić information content (AvgIpc) is 2.75. The fourth-order valence-corrected chi connectivity index (χ4v) is 4.06. The predicted molar refractivity (Wildman–Crippen MR) is 119 cm³/mol. The van der Waals surface area contributed by atoms with E-state index in [0.717, 1.165) is 24.2 Å². The molecule has 3 aromatic rings. The topological polar surface area (TPSA) is 52.6 Å². The zero-order chi connectivity index (χ0) is 20.2. The quantitative estimate of drug-likeness (QED) is 0.561. The Morgan fingerprint density at radius 3 is 2.21 bits per heavy atom. The van der Waals surface area contributed by atoms with Crippen LogP contribution >= 0.6 is 12.2 Å². The lowest BCUT2D eigenvalue weighted by molar-refractivity contribution is 0.0697. The van der Waals surface area contributed by atoms with Gasteiger partial charge in [0.1, 0.15) is 0 Å². The summed E-state index contributed by atoms with van der Waals surface area (Å²) in [5.74, 6) is -0.646. The number of nitrogens with one attached hydrogen (secondary N) is 1. The molecule has 0 atom stereocenters. The van der Waals surface area contributed by atoms with Crippen LogP contribution in [0.2, 0.25) is 0 Å². The first kappa shape index (κ1) is 19.2. The maximum Gasteiger partial charge on any atom is 0.335 e. The molecule has 0 aromatic heterocycles. The van der Waals surface area contributed by atoms with Gasteiger partial charge in [-0.15, -0.1) is 0 Å². The molecule has 0 saturated carbocycles. The van der Waals surface area contributed by atoms with Gasteiger partial charge in [0, 0.05) is 24.7 Å². The minimum atomic E-state index is -0.934. The molecule has 0 fully saturated rings. The third-order valence-corrected chi connectivity index (χ3v) is 5.70. The van der Waals surface area contributed by atoms with E-state index in [1.165, 1.54) is 11.1 Å². The van der Waals surface area contributed by atoms with Crippen molar-refractivity contribution >= 4 is 29.0 Å². The van der Waals surface area contributed by atoms with Crippen molar-refractivity contribution in [1.82, 2.24) is 4.90 Å². The Balaban J connectivity index is 1.52. The van der Waals surface area contributed by atoms with Crippen LogP contribution < -0.4 is 5.32 Å². The third kappa shape index (κ3) is 4.30. The molecule has 146 valence electrons. The molecule has 3 aromatic carbocycles. The van der Waals surface area contributed by atoms with Crippen LogP contribution in [0, 0.1) is 0 Å². The molecule has 29 heavy (non-hydrogen) atoms. The van der Waals surface area contributed by atoms with Crippen molar-refractivity contribution in [3.8, 4) is 0 Å². The summed E-state index contributed by atoms with van der Waals surface area (Å²) in [6.45, 7) is 1.48. The zero-order valence-electron chi connectivity index (χ0n) is 15.9. The second-order valence-electron chi connectivity index (χ2n) is 7.19. The van der Waals surface area contributed by atoms with Gasteiger partial charge in [-0.1, -0.05) is 66.7 Å². The second-order valence-corrected chi connectivity index (χ2v) is 7.58. The number of carboxylic acids is 1. The molecular formula is C24H22N2O2S. The molecular weight excluding hydrogens is 380 g/mol. The summed E-state index contributed by atoms with van der Waals surface area (Å²) in [5.41, 5.74) is 4.69. The normalized spacial score (nSPS) is 13.1. The van der Waals surface area contributed by atoms with Gasteiger partial charge in [-0.2, -0.15) is 0 Å². The Morgan fingerprint density at radius 2 is 1.62 bits per heavy atom. The molecule has 0 amide bonds. The van der Waals surface area contributed by atoms with Crippen molar-refractivity contribution in [2.45, 2.75) is 18.9 Å². The van der Waals surface area contributed by atoms with Crippen LogP contribution in [-0.2, 0) is 6.54 Å². The fraction of sp³-hybridized carbons (Fsp3) is 0.167. The van der Waals surface area contributed by atoms with Crippen LogP contribution in [0.4, 0.5) is 5.69 Å². The highest BCUT2D eigenvalue weighted by Crippen LogP contribution is 2.30. The summed E-state index contributed by atoms with van der Waals surface area (Å²) in [4.78, 5) is 13.4. The van der Waals surface area contributed by atoms with E-state index < -0.39 is 5.97 Å². The molecule has 0 radical (unpaired) electrons. The Labute approximate surface area is 175 Å². The van der Waals surface area contributed by atoms with Gasteiger partial charge in [0.05, 0.1) is 5.56 Å². The van der Waals surface area contributed by atoms with Crippen LogP contribution in [0.5, 0.6) is 0 Å². The first-order chi connectivity index (χ1) is 14.1. The van der Waals surface area contributed by atoms with E-state index in [9.17, 15) is 9.90 Å². The smallest absolute Gasteiger partial charge is 0.335 e. The standard InChI is InChI=1S/C24H22N2O2S/c27-23(28)19-11-12-20-16-26(24(29)25-22(20)15-19)14-13-21(17-7-3-1-4-8-17)18-9-5-2-6-10-18/h1-12,15,21H,13-14,16H2,(H,25,29)(H,27,28). The van der Waals surface area contributed by atoms with Crippen molar-refractivity contribution in [2.24, 2.45) is 0 Å². The van der Waals surface area contributed by atoms with E-state index in [1.54, 1.807) is 12.1 Å². The van der Waals surface area contributed by atoms with Crippen LogP contribution in [0.3, 0.4) is 0 Å². The number of carboxylic acid groups (broad SMARTS) is 1. The van der Waals surface area contributed by atoms with Crippen LogP contribution in [0.15, 0.2) is 78.9 Å². The van der Waals surface area contributed by atoms with Crippen molar-refractivity contribution in [2.75, 3.05) is 11.9 Å². The van der Waals surface area contributed by atoms with E-state index in [2.05, 4.69) is 58.7 Å². The molecule has 1 heterocycles. The lowest BCUT2D eigenvalue weighted by Crippen LogP contribution is -2.39. The summed E-state index contributed by atoms with van der Waals surface area (Å²) in [6.07, 6.45) is 0.929. The Kier molecular flexibility index (Phi) is 5.58. The van der Waals surface area contributed by atoms with E-state index >= 15 is 0 Å². The van der Waals surface area contributed by atoms with Gasteiger partial charge in [0.15, 0.2) is 5.11 Å². The van der Waals surface area contributed by atoms with Crippen LogP contribution in [0.25, 0.3) is 0 Å². The van der Waals surface area contributed by atoms with Gasteiger partial charge in [0.25, 0.3) is 0 Å². The summed E-state index contributed by atoms with van der Waals surface area (Å²) in [5, 5.41) is 13.0. The highest BCUT2D eigenvalue weighted by atomic mass is 32.1. The lowest BCUT2D eigenvalue weighted by atomic mass is 9.88. The summed E-state index contributed by atoms with van der Waals surface area (Å²) >= 11 is 5.57. The molecule has 2 N–H and O–H groups in total. The van der Waals surface area contributed by atoms with E-state index in [0.29, 0.717) is 11.7 Å². The molecule has 0 aliphatic carbocycles. The number of fused-ring (bicyclic) bond motifs is 1. The minimum Gasteiger partial charge on any atom is -0.478 e. The third-order valence-electron chi connectivity index (χ3n) is 5.34. The predicted octanol–water partition coefficient (Wildman–Crippen LogP) is 5.12. The minimum absolute atomic E-state index is 0.265. The number of anilines is 1. The molecule has 4 rings (SSSR count). The number of hydrogen-bond donors (Lipinski definition) is 2. The van der Waals surface area contributed by atoms with Crippen molar-refractivity contribution in [3.63, 3.8) is 0 Å². The van der Waals surface area contributed by atoms with Crippen LogP contribution in [-0.4, -0.2) is 27.6 Å². The molecule has 5 heteroatoms. The number of hydrogen-bond acceptors (Lipinski definition) is 2. The SMILES string of the molecule is O=C(O)c1ccc2c(c1)NC(=S)N(CCC(c1ccccc1)c1ccccc1)C2. The second kappa shape index (κ2) is 8.45. The molecule has 0 spiro atoms. The maximum absolute atomic E-state index is 11.2. The number of benzene rings is 3. The van der Waals surface area contributed by atoms with Crippen LogP contribution in [0.1, 0.15) is 39.4 Å².